The maximum atomic E-state index is 13.3. The van der Waals surface area contributed by atoms with Crippen molar-refractivity contribution in [3.63, 3.8) is 0 Å². The molecule has 0 atom stereocenters. The van der Waals surface area contributed by atoms with Gasteiger partial charge in [0.05, 0.1) is 12.5 Å². The van der Waals surface area contributed by atoms with Gasteiger partial charge < -0.3 is 13.9 Å². The van der Waals surface area contributed by atoms with Gasteiger partial charge in [0.15, 0.2) is 5.60 Å². The molecule has 4 aromatic rings. The summed E-state index contributed by atoms with van der Waals surface area (Å²) >= 11 is 0. The molecule has 3 aromatic carbocycles. The third-order valence-corrected chi connectivity index (χ3v) is 4.54. The van der Waals surface area contributed by atoms with Crippen molar-refractivity contribution in [3.8, 4) is 23.8 Å². The normalized spacial score (nSPS) is 11.6. The molecular formula is C23H18O4. The Kier molecular flexibility index (Phi) is 3.82. The topological polar surface area (TPSA) is 48.7 Å². The second kappa shape index (κ2) is 6.07. The van der Waals surface area contributed by atoms with Crippen molar-refractivity contribution in [1.29, 1.82) is 0 Å². The molecule has 4 nitrogen and oxygen atoms in total. The van der Waals surface area contributed by atoms with E-state index < -0.39 is 5.60 Å². The van der Waals surface area contributed by atoms with Gasteiger partial charge in [-0.3, -0.25) is 4.79 Å². The maximum absolute atomic E-state index is 13.3. The van der Waals surface area contributed by atoms with Crippen LogP contribution < -0.4 is 14.9 Å². The Labute approximate surface area is 156 Å². The highest BCUT2D eigenvalue weighted by Gasteiger charge is 2.20. The lowest BCUT2D eigenvalue weighted by molar-refractivity contribution is 0.172. The van der Waals surface area contributed by atoms with Gasteiger partial charge in [0.1, 0.15) is 28.1 Å². The molecule has 0 unspecified atom stereocenters. The summed E-state index contributed by atoms with van der Waals surface area (Å²) in [4.78, 5) is 13.3. The SMILES string of the molecule is C#CC(C)(C)Oc1cc(OC)c2c(=O)c3c(ccc4ccccc43)oc2c1. The summed E-state index contributed by atoms with van der Waals surface area (Å²) in [6.07, 6.45) is 5.51. The average Bonchev–Trinajstić information content (AvgIpc) is 2.66. The van der Waals surface area contributed by atoms with Crippen LogP contribution in [-0.4, -0.2) is 12.7 Å². The Morgan fingerprint density at radius 1 is 1.04 bits per heavy atom. The molecule has 0 aliphatic heterocycles. The quantitative estimate of drug-likeness (QED) is 0.297. The van der Waals surface area contributed by atoms with Crippen LogP contribution in [0.25, 0.3) is 32.7 Å². The molecule has 27 heavy (non-hydrogen) atoms. The molecule has 0 saturated heterocycles. The van der Waals surface area contributed by atoms with Gasteiger partial charge in [-0.25, -0.2) is 0 Å². The van der Waals surface area contributed by atoms with Gasteiger partial charge in [0.2, 0.25) is 5.43 Å². The van der Waals surface area contributed by atoms with Crippen LogP contribution >= 0.6 is 0 Å². The Hall–Kier alpha value is -3.45. The molecule has 0 bridgehead atoms. The molecule has 1 aromatic heterocycles. The molecule has 4 heteroatoms. The van der Waals surface area contributed by atoms with Crippen LogP contribution in [0.5, 0.6) is 11.5 Å². The minimum Gasteiger partial charge on any atom is -0.496 e. The second-order valence-electron chi connectivity index (χ2n) is 6.85. The zero-order chi connectivity index (χ0) is 19.2. The number of rotatable bonds is 3. The molecule has 0 aliphatic rings. The van der Waals surface area contributed by atoms with Crippen LogP contribution in [0.3, 0.4) is 0 Å². The van der Waals surface area contributed by atoms with Gasteiger partial charge in [-0.15, -0.1) is 6.42 Å². The predicted octanol–water partition coefficient (Wildman–Crippen LogP) is 4.90. The van der Waals surface area contributed by atoms with Crippen molar-refractivity contribution in [3.05, 3.63) is 58.8 Å². The van der Waals surface area contributed by atoms with E-state index in [1.807, 2.05) is 36.4 Å². The monoisotopic (exact) mass is 358 g/mol. The van der Waals surface area contributed by atoms with E-state index in [4.69, 9.17) is 20.3 Å². The highest BCUT2D eigenvalue weighted by atomic mass is 16.5. The molecule has 0 saturated carbocycles. The molecule has 134 valence electrons. The van der Waals surface area contributed by atoms with E-state index in [0.717, 1.165) is 10.8 Å². The van der Waals surface area contributed by atoms with Gasteiger partial charge in [0, 0.05) is 12.1 Å². The first kappa shape index (κ1) is 17.0. The van der Waals surface area contributed by atoms with E-state index >= 15 is 0 Å². The minimum absolute atomic E-state index is 0.136. The summed E-state index contributed by atoms with van der Waals surface area (Å²) in [5.41, 5.74) is -0.0271. The summed E-state index contributed by atoms with van der Waals surface area (Å²) in [7, 11) is 1.51. The van der Waals surface area contributed by atoms with Crippen LogP contribution in [0.2, 0.25) is 0 Å². The zero-order valence-electron chi connectivity index (χ0n) is 15.3. The van der Waals surface area contributed by atoms with Gasteiger partial charge >= 0.3 is 0 Å². The third-order valence-electron chi connectivity index (χ3n) is 4.54. The Morgan fingerprint density at radius 2 is 1.81 bits per heavy atom. The molecule has 1 heterocycles. The number of benzene rings is 3. The zero-order valence-corrected chi connectivity index (χ0v) is 15.3. The largest absolute Gasteiger partial charge is 0.496 e. The van der Waals surface area contributed by atoms with E-state index in [1.165, 1.54) is 7.11 Å². The molecule has 0 aliphatic carbocycles. The molecule has 0 N–H and O–H groups in total. The summed E-state index contributed by atoms with van der Waals surface area (Å²) in [5.74, 6) is 3.45. The highest BCUT2D eigenvalue weighted by molar-refractivity contribution is 6.08. The Morgan fingerprint density at radius 3 is 2.56 bits per heavy atom. The minimum atomic E-state index is -0.800. The average molecular weight is 358 g/mol. The smallest absolute Gasteiger partial charge is 0.204 e. The molecular weight excluding hydrogens is 340 g/mol. The highest BCUT2D eigenvalue weighted by Crippen LogP contribution is 2.34. The van der Waals surface area contributed by atoms with Crippen molar-refractivity contribution in [2.75, 3.05) is 7.11 Å². The molecule has 0 amide bonds. The third kappa shape index (κ3) is 2.78. The van der Waals surface area contributed by atoms with Gasteiger partial charge in [-0.1, -0.05) is 36.3 Å². The molecule has 4 rings (SSSR count). The lowest BCUT2D eigenvalue weighted by Crippen LogP contribution is -2.25. The van der Waals surface area contributed by atoms with Crippen LogP contribution in [0.15, 0.2) is 57.7 Å². The summed E-state index contributed by atoms with van der Waals surface area (Å²) in [6, 6.07) is 14.8. The summed E-state index contributed by atoms with van der Waals surface area (Å²) in [6.45, 7) is 3.57. The number of hydrogen-bond acceptors (Lipinski definition) is 4. The molecule has 0 fully saturated rings. The predicted molar refractivity (Wildman–Crippen MR) is 108 cm³/mol. The van der Waals surface area contributed by atoms with Gasteiger partial charge in [-0.05, 0) is 30.7 Å². The fourth-order valence-electron chi connectivity index (χ4n) is 3.23. The first-order valence-electron chi connectivity index (χ1n) is 8.56. The van der Waals surface area contributed by atoms with Crippen LogP contribution in [-0.2, 0) is 0 Å². The van der Waals surface area contributed by atoms with Crippen LogP contribution in [0.4, 0.5) is 0 Å². The van der Waals surface area contributed by atoms with Crippen molar-refractivity contribution in [1.82, 2.24) is 0 Å². The number of terminal acetylenes is 1. The lowest BCUT2D eigenvalue weighted by Gasteiger charge is -2.21. The Balaban J connectivity index is 2.08. The fourth-order valence-corrected chi connectivity index (χ4v) is 3.23. The second-order valence-corrected chi connectivity index (χ2v) is 6.85. The van der Waals surface area contributed by atoms with E-state index in [0.29, 0.717) is 33.4 Å². The van der Waals surface area contributed by atoms with Crippen molar-refractivity contribution in [2.45, 2.75) is 19.4 Å². The number of fused-ring (bicyclic) bond motifs is 4. The van der Waals surface area contributed by atoms with Crippen molar-refractivity contribution < 1.29 is 13.9 Å². The van der Waals surface area contributed by atoms with E-state index in [2.05, 4.69) is 5.92 Å². The molecule has 0 radical (unpaired) electrons. The summed E-state index contributed by atoms with van der Waals surface area (Å²) in [5, 5.41) is 2.75. The van der Waals surface area contributed by atoms with Gasteiger partial charge in [0.25, 0.3) is 0 Å². The summed E-state index contributed by atoms with van der Waals surface area (Å²) < 4.78 is 17.4. The number of methoxy groups -OCH3 is 1. The van der Waals surface area contributed by atoms with Crippen LogP contribution in [0, 0.1) is 12.3 Å². The standard InChI is InChI=1S/C23H18O4/c1-5-23(2,3)27-15-12-18(25-4)21-19(13-15)26-17-11-10-14-8-6-7-9-16(14)20(17)22(21)24/h1,6-13H,2-4H3. The number of hydrogen-bond donors (Lipinski definition) is 0. The van der Waals surface area contributed by atoms with E-state index in [-0.39, 0.29) is 5.43 Å². The lowest BCUT2D eigenvalue weighted by atomic mass is 10.0. The van der Waals surface area contributed by atoms with Crippen molar-refractivity contribution >= 4 is 32.7 Å². The van der Waals surface area contributed by atoms with Crippen LogP contribution in [0.1, 0.15) is 13.8 Å². The number of ether oxygens (including phenoxy) is 2. The fraction of sp³-hybridized carbons (Fsp3) is 0.174. The van der Waals surface area contributed by atoms with Crippen molar-refractivity contribution in [2.24, 2.45) is 0 Å². The van der Waals surface area contributed by atoms with E-state index in [1.54, 1.807) is 26.0 Å². The van der Waals surface area contributed by atoms with E-state index in [9.17, 15) is 4.79 Å². The first-order valence-corrected chi connectivity index (χ1v) is 8.56. The maximum Gasteiger partial charge on any atom is 0.204 e. The Bertz CT molecular complexity index is 1290. The first-order chi connectivity index (χ1) is 12.9. The van der Waals surface area contributed by atoms with Gasteiger partial charge in [-0.2, -0.15) is 0 Å². The molecule has 0 spiro atoms.